The van der Waals surface area contributed by atoms with Gasteiger partial charge in [0.15, 0.2) is 0 Å². The average Bonchev–Trinajstić information content (AvgIpc) is 2.61. The van der Waals surface area contributed by atoms with E-state index in [1.54, 1.807) is 0 Å². The fourth-order valence-electron chi connectivity index (χ4n) is 2.66. The predicted octanol–water partition coefficient (Wildman–Crippen LogP) is 5.76. The minimum absolute atomic E-state index is 0.0274. The maximum Gasteiger partial charge on any atom is 0.139 e. The highest BCUT2D eigenvalue weighted by molar-refractivity contribution is 5.75. The van der Waals surface area contributed by atoms with Crippen LogP contribution in [0.15, 0.2) is 72.8 Å². The molecule has 124 valence electrons. The Morgan fingerprint density at radius 1 is 0.760 bits per heavy atom. The molecule has 0 spiro atoms. The molecular formula is C24H22O. The number of hydrogen-bond acceptors (Lipinski definition) is 1. The molecular weight excluding hydrogens is 304 g/mol. The minimum atomic E-state index is -0.0274. The van der Waals surface area contributed by atoms with Gasteiger partial charge in [0.1, 0.15) is 5.75 Å². The summed E-state index contributed by atoms with van der Waals surface area (Å²) in [6, 6.07) is 23.9. The van der Waals surface area contributed by atoms with Crippen molar-refractivity contribution in [2.24, 2.45) is 0 Å². The van der Waals surface area contributed by atoms with Crippen molar-refractivity contribution in [1.29, 1.82) is 0 Å². The predicted molar refractivity (Wildman–Crippen MR) is 105 cm³/mol. The van der Waals surface area contributed by atoms with Crippen LogP contribution in [-0.2, 0) is 5.41 Å². The summed E-state index contributed by atoms with van der Waals surface area (Å²) in [5, 5.41) is 10.8. The summed E-state index contributed by atoms with van der Waals surface area (Å²) in [5.74, 6) is 6.54. The zero-order valence-electron chi connectivity index (χ0n) is 14.9. The largest absolute Gasteiger partial charge is 0.506 e. The summed E-state index contributed by atoms with van der Waals surface area (Å²) in [6.45, 7) is 6.51. The molecule has 0 bridgehead atoms. The van der Waals surface area contributed by atoms with Crippen LogP contribution >= 0.6 is 0 Å². The van der Waals surface area contributed by atoms with Crippen molar-refractivity contribution >= 4 is 0 Å². The van der Waals surface area contributed by atoms with Crippen molar-refractivity contribution in [3.05, 3.63) is 89.5 Å². The molecule has 0 saturated heterocycles. The van der Waals surface area contributed by atoms with Gasteiger partial charge < -0.3 is 5.11 Å². The van der Waals surface area contributed by atoms with Crippen LogP contribution < -0.4 is 0 Å². The van der Waals surface area contributed by atoms with Crippen LogP contribution in [0.5, 0.6) is 5.75 Å². The molecule has 0 fully saturated rings. The number of hydrogen-bond donors (Lipinski definition) is 1. The molecule has 3 aromatic rings. The molecule has 1 N–H and O–H groups in total. The highest BCUT2D eigenvalue weighted by atomic mass is 16.3. The Hall–Kier alpha value is -2.98. The smallest absolute Gasteiger partial charge is 0.139 e. The number of rotatable bonds is 1. The Morgan fingerprint density at radius 2 is 1.36 bits per heavy atom. The Balaban J connectivity index is 2.17. The first-order chi connectivity index (χ1) is 11.9. The van der Waals surface area contributed by atoms with Gasteiger partial charge in [-0.1, -0.05) is 81.1 Å². The second kappa shape index (κ2) is 6.87. The molecule has 1 nitrogen and oxygen atoms in total. The lowest BCUT2D eigenvalue weighted by Gasteiger charge is -2.21. The molecule has 1 heteroatoms. The molecule has 3 aromatic carbocycles. The molecule has 0 heterocycles. The molecule has 0 aliphatic heterocycles. The van der Waals surface area contributed by atoms with E-state index in [1.165, 1.54) is 0 Å². The van der Waals surface area contributed by atoms with E-state index < -0.39 is 0 Å². The van der Waals surface area contributed by atoms with E-state index >= 15 is 0 Å². The number of phenols is 1. The monoisotopic (exact) mass is 326 g/mol. The van der Waals surface area contributed by atoms with E-state index in [4.69, 9.17) is 0 Å². The van der Waals surface area contributed by atoms with Crippen LogP contribution in [0.3, 0.4) is 0 Å². The third-order valence-corrected chi connectivity index (χ3v) is 4.18. The molecule has 0 atom stereocenters. The quantitative estimate of drug-likeness (QED) is 0.564. The van der Waals surface area contributed by atoms with Gasteiger partial charge in [-0.3, -0.25) is 0 Å². The van der Waals surface area contributed by atoms with Gasteiger partial charge in [-0.2, -0.15) is 0 Å². The standard InChI is InChI=1S/C24H22O/c1-24(2,3)21-16-20(15-14-18-10-6-4-7-11-18)23(25)22(17-21)19-12-8-5-9-13-19/h4-13,16-17,25H,1-3H3. The molecule has 0 aliphatic carbocycles. The van der Waals surface area contributed by atoms with Crippen molar-refractivity contribution in [2.45, 2.75) is 26.2 Å². The maximum atomic E-state index is 10.8. The number of aromatic hydroxyl groups is 1. The van der Waals surface area contributed by atoms with Crippen molar-refractivity contribution in [1.82, 2.24) is 0 Å². The summed E-state index contributed by atoms with van der Waals surface area (Å²) >= 11 is 0. The Labute approximate surface area is 150 Å². The summed E-state index contributed by atoms with van der Waals surface area (Å²) in [4.78, 5) is 0. The van der Waals surface area contributed by atoms with E-state index in [1.807, 2.05) is 66.7 Å². The van der Waals surface area contributed by atoms with Crippen molar-refractivity contribution in [3.8, 4) is 28.7 Å². The highest BCUT2D eigenvalue weighted by Crippen LogP contribution is 2.36. The van der Waals surface area contributed by atoms with Crippen LogP contribution in [0.4, 0.5) is 0 Å². The fraction of sp³-hybridized carbons (Fsp3) is 0.167. The topological polar surface area (TPSA) is 20.2 Å². The molecule has 0 amide bonds. The van der Waals surface area contributed by atoms with E-state index in [-0.39, 0.29) is 11.2 Å². The Bertz CT molecular complexity index is 921. The normalized spacial score (nSPS) is 10.8. The molecule has 0 aliphatic rings. The van der Waals surface area contributed by atoms with Gasteiger partial charge >= 0.3 is 0 Å². The molecule has 0 aromatic heterocycles. The van der Waals surface area contributed by atoms with Gasteiger partial charge in [-0.25, -0.2) is 0 Å². The maximum absolute atomic E-state index is 10.8. The Morgan fingerprint density at radius 3 is 1.96 bits per heavy atom. The lowest BCUT2D eigenvalue weighted by Crippen LogP contribution is -2.11. The van der Waals surface area contributed by atoms with Gasteiger partial charge in [0.05, 0.1) is 5.56 Å². The Kier molecular flexibility index (Phi) is 4.63. The molecule has 25 heavy (non-hydrogen) atoms. The van der Waals surface area contributed by atoms with Crippen molar-refractivity contribution in [2.75, 3.05) is 0 Å². The van der Waals surface area contributed by atoms with Gasteiger partial charge in [-0.05, 0) is 40.8 Å². The first-order valence-electron chi connectivity index (χ1n) is 8.45. The van der Waals surface area contributed by atoms with Crippen LogP contribution in [0.1, 0.15) is 37.5 Å². The van der Waals surface area contributed by atoms with Crippen LogP contribution in [0.2, 0.25) is 0 Å². The van der Waals surface area contributed by atoms with Crippen molar-refractivity contribution in [3.63, 3.8) is 0 Å². The molecule has 0 unspecified atom stereocenters. The van der Waals surface area contributed by atoms with Gasteiger partial charge in [0.2, 0.25) is 0 Å². The van der Waals surface area contributed by atoms with Gasteiger partial charge in [0, 0.05) is 11.1 Å². The van der Waals surface area contributed by atoms with Crippen LogP contribution in [0.25, 0.3) is 11.1 Å². The fourth-order valence-corrected chi connectivity index (χ4v) is 2.66. The first kappa shape index (κ1) is 16.9. The van der Waals surface area contributed by atoms with E-state index in [0.717, 1.165) is 22.3 Å². The van der Waals surface area contributed by atoms with Crippen molar-refractivity contribution < 1.29 is 5.11 Å². The second-order valence-corrected chi connectivity index (χ2v) is 7.15. The van der Waals surface area contributed by atoms with Gasteiger partial charge in [-0.15, -0.1) is 0 Å². The average molecular weight is 326 g/mol. The lowest BCUT2D eigenvalue weighted by atomic mass is 9.83. The third kappa shape index (κ3) is 3.92. The second-order valence-electron chi connectivity index (χ2n) is 7.15. The number of phenolic OH excluding ortho intramolecular Hbond substituents is 1. The lowest BCUT2D eigenvalue weighted by molar-refractivity contribution is 0.474. The van der Waals surface area contributed by atoms with Crippen LogP contribution in [-0.4, -0.2) is 5.11 Å². The first-order valence-corrected chi connectivity index (χ1v) is 8.45. The zero-order chi connectivity index (χ0) is 17.9. The SMILES string of the molecule is CC(C)(C)c1cc(C#Cc2ccccc2)c(O)c(-c2ccccc2)c1. The summed E-state index contributed by atoms with van der Waals surface area (Å²) in [6.07, 6.45) is 0. The highest BCUT2D eigenvalue weighted by Gasteiger charge is 2.18. The summed E-state index contributed by atoms with van der Waals surface area (Å²) in [7, 11) is 0. The molecule has 3 rings (SSSR count). The van der Waals surface area contributed by atoms with Crippen LogP contribution in [0, 0.1) is 11.8 Å². The minimum Gasteiger partial charge on any atom is -0.506 e. The molecule has 0 radical (unpaired) electrons. The van der Waals surface area contributed by atoms with Gasteiger partial charge in [0.25, 0.3) is 0 Å². The third-order valence-electron chi connectivity index (χ3n) is 4.18. The summed E-state index contributed by atoms with van der Waals surface area (Å²) in [5.41, 5.74) is 4.54. The van der Waals surface area contributed by atoms with E-state index in [9.17, 15) is 5.11 Å². The zero-order valence-corrected chi connectivity index (χ0v) is 14.9. The van der Waals surface area contributed by atoms with E-state index in [0.29, 0.717) is 5.56 Å². The van der Waals surface area contributed by atoms with E-state index in [2.05, 4.69) is 38.7 Å². The number of benzene rings is 3. The summed E-state index contributed by atoms with van der Waals surface area (Å²) < 4.78 is 0. The molecule has 0 saturated carbocycles.